The van der Waals surface area contributed by atoms with Crippen LogP contribution in [0.2, 0.25) is 0 Å². The quantitative estimate of drug-likeness (QED) is 0.855. The van der Waals surface area contributed by atoms with Crippen LogP contribution in [0.3, 0.4) is 0 Å². The lowest BCUT2D eigenvalue weighted by Crippen LogP contribution is -2.16. The Labute approximate surface area is 127 Å². The molecule has 1 aromatic carbocycles. The SMILES string of the molecule is CC(Oc1ccc(F)cc1)c1nnc2n1CCS(=O)(=O)CC2. The molecule has 0 radical (unpaired) electrons. The fourth-order valence-electron chi connectivity index (χ4n) is 2.43. The van der Waals surface area contributed by atoms with Crippen LogP contribution in [0, 0.1) is 5.82 Å². The van der Waals surface area contributed by atoms with Crippen molar-refractivity contribution in [2.75, 3.05) is 11.5 Å². The summed E-state index contributed by atoms with van der Waals surface area (Å²) in [6.07, 6.45) is -0.0500. The van der Waals surface area contributed by atoms with E-state index in [-0.39, 0.29) is 17.3 Å². The van der Waals surface area contributed by atoms with Gasteiger partial charge in [-0.1, -0.05) is 0 Å². The molecule has 0 bridgehead atoms. The van der Waals surface area contributed by atoms with E-state index < -0.39 is 15.9 Å². The van der Waals surface area contributed by atoms with Crippen LogP contribution in [0.15, 0.2) is 24.3 Å². The summed E-state index contributed by atoms with van der Waals surface area (Å²) in [4.78, 5) is 0. The predicted molar refractivity (Wildman–Crippen MR) is 77.8 cm³/mol. The standard InChI is InChI=1S/C14H16FN3O3S/c1-10(21-12-4-2-11(15)3-5-12)14-17-16-13-6-8-22(19,20)9-7-18(13)14/h2-5,10H,6-9H2,1H3. The first-order valence-electron chi connectivity index (χ1n) is 6.99. The van der Waals surface area contributed by atoms with Crippen LogP contribution in [-0.2, 0) is 22.8 Å². The third-order valence-corrected chi connectivity index (χ3v) is 5.24. The fourth-order valence-corrected chi connectivity index (χ4v) is 3.59. The summed E-state index contributed by atoms with van der Waals surface area (Å²) < 4.78 is 43.9. The number of benzene rings is 1. The minimum atomic E-state index is -3.03. The van der Waals surface area contributed by atoms with Gasteiger partial charge < -0.3 is 9.30 Å². The van der Waals surface area contributed by atoms with E-state index in [0.29, 0.717) is 30.4 Å². The molecule has 0 saturated heterocycles. The van der Waals surface area contributed by atoms with Gasteiger partial charge in [0.25, 0.3) is 0 Å². The molecule has 0 spiro atoms. The lowest BCUT2D eigenvalue weighted by Gasteiger charge is -2.15. The molecule has 118 valence electrons. The van der Waals surface area contributed by atoms with Crippen molar-refractivity contribution in [1.29, 1.82) is 0 Å². The highest BCUT2D eigenvalue weighted by molar-refractivity contribution is 7.91. The van der Waals surface area contributed by atoms with Gasteiger partial charge >= 0.3 is 0 Å². The summed E-state index contributed by atoms with van der Waals surface area (Å²) >= 11 is 0. The first kappa shape index (κ1) is 15.0. The molecule has 1 aliphatic rings. The highest BCUT2D eigenvalue weighted by Gasteiger charge is 2.25. The Morgan fingerprint density at radius 2 is 1.95 bits per heavy atom. The molecule has 2 heterocycles. The Bertz CT molecular complexity index is 771. The van der Waals surface area contributed by atoms with Crippen molar-refractivity contribution in [3.05, 3.63) is 41.7 Å². The summed E-state index contributed by atoms with van der Waals surface area (Å²) in [6.45, 7) is 2.14. The van der Waals surface area contributed by atoms with E-state index >= 15 is 0 Å². The molecule has 22 heavy (non-hydrogen) atoms. The molecule has 2 aromatic rings. The molecule has 1 aliphatic heterocycles. The van der Waals surface area contributed by atoms with Crippen molar-refractivity contribution in [2.45, 2.75) is 26.0 Å². The number of fused-ring (bicyclic) bond motifs is 1. The van der Waals surface area contributed by atoms with E-state index in [2.05, 4.69) is 10.2 Å². The van der Waals surface area contributed by atoms with Crippen LogP contribution in [0.25, 0.3) is 0 Å². The Morgan fingerprint density at radius 1 is 1.23 bits per heavy atom. The highest BCUT2D eigenvalue weighted by atomic mass is 32.2. The number of aromatic nitrogens is 3. The van der Waals surface area contributed by atoms with Crippen molar-refractivity contribution in [2.24, 2.45) is 0 Å². The summed E-state index contributed by atoms with van der Waals surface area (Å²) in [7, 11) is -3.03. The molecule has 6 nitrogen and oxygen atoms in total. The number of hydrogen-bond acceptors (Lipinski definition) is 5. The molecule has 0 aliphatic carbocycles. The minimum absolute atomic E-state index is 0.0777. The second-order valence-corrected chi connectivity index (χ2v) is 7.55. The molecule has 3 rings (SSSR count). The van der Waals surface area contributed by atoms with Crippen molar-refractivity contribution in [3.8, 4) is 5.75 Å². The number of hydrogen-bond donors (Lipinski definition) is 0. The van der Waals surface area contributed by atoms with Gasteiger partial charge in [-0.3, -0.25) is 0 Å². The third-order valence-electron chi connectivity index (χ3n) is 3.61. The molecular weight excluding hydrogens is 309 g/mol. The normalized spacial score (nSPS) is 18.3. The van der Waals surface area contributed by atoms with Crippen LogP contribution >= 0.6 is 0 Å². The van der Waals surface area contributed by atoms with Gasteiger partial charge in [-0.2, -0.15) is 0 Å². The average Bonchev–Trinajstić information content (AvgIpc) is 2.82. The smallest absolute Gasteiger partial charge is 0.173 e. The van der Waals surface area contributed by atoms with E-state index in [1.807, 2.05) is 0 Å². The molecule has 0 fully saturated rings. The first-order valence-corrected chi connectivity index (χ1v) is 8.81. The van der Waals surface area contributed by atoms with Gasteiger partial charge in [0.2, 0.25) is 0 Å². The fraction of sp³-hybridized carbons (Fsp3) is 0.429. The van der Waals surface area contributed by atoms with Gasteiger partial charge in [0, 0.05) is 13.0 Å². The summed E-state index contributed by atoms with van der Waals surface area (Å²) in [5.74, 6) is 1.60. The number of aryl methyl sites for hydroxylation is 1. The van der Waals surface area contributed by atoms with Gasteiger partial charge in [0.1, 0.15) is 17.4 Å². The van der Waals surface area contributed by atoms with Crippen molar-refractivity contribution < 1.29 is 17.5 Å². The molecule has 0 amide bonds. The van der Waals surface area contributed by atoms with E-state index in [1.165, 1.54) is 24.3 Å². The molecule has 0 saturated carbocycles. The van der Waals surface area contributed by atoms with Crippen LogP contribution in [0.1, 0.15) is 24.7 Å². The minimum Gasteiger partial charge on any atom is -0.483 e. The summed E-state index contributed by atoms with van der Waals surface area (Å²) in [6, 6.07) is 5.71. The van der Waals surface area contributed by atoms with Crippen molar-refractivity contribution in [1.82, 2.24) is 14.8 Å². The largest absolute Gasteiger partial charge is 0.483 e. The van der Waals surface area contributed by atoms with E-state index in [1.54, 1.807) is 11.5 Å². The second kappa shape index (κ2) is 5.68. The molecule has 1 aromatic heterocycles. The molecule has 1 atom stereocenters. The topological polar surface area (TPSA) is 74.1 Å². The monoisotopic (exact) mass is 325 g/mol. The van der Waals surface area contributed by atoms with Gasteiger partial charge in [-0.25, -0.2) is 12.8 Å². The Morgan fingerprint density at radius 3 is 2.68 bits per heavy atom. The van der Waals surface area contributed by atoms with E-state index in [4.69, 9.17) is 4.74 Å². The molecule has 8 heteroatoms. The third kappa shape index (κ3) is 3.11. The zero-order chi connectivity index (χ0) is 15.7. The molecule has 1 unspecified atom stereocenters. The van der Waals surface area contributed by atoms with Gasteiger partial charge in [0.05, 0.1) is 11.5 Å². The Balaban J connectivity index is 1.81. The highest BCUT2D eigenvalue weighted by Crippen LogP contribution is 2.22. The first-order chi connectivity index (χ1) is 10.4. The van der Waals surface area contributed by atoms with Crippen LogP contribution < -0.4 is 4.74 Å². The molecular formula is C14H16FN3O3S. The van der Waals surface area contributed by atoms with E-state index in [0.717, 1.165) is 0 Å². The molecule has 0 N–H and O–H groups in total. The lowest BCUT2D eigenvalue weighted by molar-refractivity contribution is 0.210. The number of ether oxygens (including phenoxy) is 1. The van der Waals surface area contributed by atoms with Crippen molar-refractivity contribution >= 4 is 9.84 Å². The lowest BCUT2D eigenvalue weighted by atomic mass is 10.3. The zero-order valence-corrected chi connectivity index (χ0v) is 12.9. The summed E-state index contributed by atoms with van der Waals surface area (Å²) in [5.41, 5.74) is 0. The Hall–Kier alpha value is -1.96. The maximum absolute atomic E-state index is 12.9. The van der Waals surface area contributed by atoms with Gasteiger partial charge in [0.15, 0.2) is 21.8 Å². The van der Waals surface area contributed by atoms with Crippen LogP contribution in [0.5, 0.6) is 5.75 Å². The maximum atomic E-state index is 12.9. The number of rotatable bonds is 3. The zero-order valence-electron chi connectivity index (χ0n) is 12.1. The maximum Gasteiger partial charge on any atom is 0.173 e. The predicted octanol–water partition coefficient (Wildman–Crippen LogP) is 1.53. The van der Waals surface area contributed by atoms with Crippen LogP contribution in [0.4, 0.5) is 4.39 Å². The Kier molecular flexibility index (Phi) is 3.86. The second-order valence-electron chi connectivity index (χ2n) is 5.24. The number of sulfone groups is 1. The van der Waals surface area contributed by atoms with Crippen LogP contribution in [-0.4, -0.2) is 34.7 Å². The number of nitrogens with zero attached hydrogens (tertiary/aromatic N) is 3. The van der Waals surface area contributed by atoms with E-state index in [9.17, 15) is 12.8 Å². The van der Waals surface area contributed by atoms with Crippen molar-refractivity contribution in [3.63, 3.8) is 0 Å². The van der Waals surface area contributed by atoms with Gasteiger partial charge in [-0.15, -0.1) is 10.2 Å². The summed E-state index contributed by atoms with van der Waals surface area (Å²) in [5, 5.41) is 8.19. The average molecular weight is 325 g/mol. The van der Waals surface area contributed by atoms with Gasteiger partial charge in [-0.05, 0) is 31.2 Å². The number of halogens is 1.